The molecule has 2 unspecified atom stereocenters. The predicted molar refractivity (Wildman–Crippen MR) is 130 cm³/mol. The van der Waals surface area contributed by atoms with Crippen LogP contribution in [0.5, 0.6) is 5.75 Å². The van der Waals surface area contributed by atoms with E-state index in [4.69, 9.17) is 4.74 Å². The van der Waals surface area contributed by atoms with E-state index < -0.39 is 30.8 Å². The molecule has 0 aliphatic carbocycles. The van der Waals surface area contributed by atoms with E-state index >= 15 is 0 Å². The smallest absolute Gasteiger partial charge is 0.255 e. The quantitative estimate of drug-likeness (QED) is 0.509. The minimum absolute atomic E-state index is 0.0246. The van der Waals surface area contributed by atoms with Gasteiger partial charge < -0.3 is 15.0 Å². The minimum atomic E-state index is -2.75. The van der Waals surface area contributed by atoms with Gasteiger partial charge in [0, 0.05) is 39.0 Å². The van der Waals surface area contributed by atoms with Crippen LogP contribution in [-0.4, -0.2) is 68.0 Å². The highest BCUT2D eigenvalue weighted by Crippen LogP contribution is 2.21. The Morgan fingerprint density at radius 1 is 1.14 bits per heavy atom. The van der Waals surface area contributed by atoms with Gasteiger partial charge in [-0.1, -0.05) is 42.0 Å². The molecule has 0 saturated carbocycles. The summed E-state index contributed by atoms with van der Waals surface area (Å²) in [5.41, 5.74) is 6.00. The molecule has 1 aliphatic heterocycles. The molecule has 9 heteroatoms. The second kappa shape index (κ2) is 12.6. The highest BCUT2D eigenvalue weighted by Gasteiger charge is 2.40. The van der Waals surface area contributed by atoms with Crippen molar-refractivity contribution >= 4 is 11.8 Å². The van der Waals surface area contributed by atoms with E-state index in [0.717, 1.165) is 21.6 Å². The summed E-state index contributed by atoms with van der Waals surface area (Å²) in [7, 11) is 3.39. The van der Waals surface area contributed by atoms with Gasteiger partial charge >= 0.3 is 0 Å². The second-order valence-electron chi connectivity index (χ2n) is 8.94. The fourth-order valence-corrected chi connectivity index (χ4v) is 4.28. The Labute approximate surface area is 205 Å². The topological polar surface area (TPSA) is 73.9 Å². The maximum atomic E-state index is 13.6. The summed E-state index contributed by atoms with van der Waals surface area (Å²) >= 11 is 0. The van der Waals surface area contributed by atoms with Gasteiger partial charge in [-0.3, -0.25) is 15.0 Å². The zero-order chi connectivity index (χ0) is 25.4. The van der Waals surface area contributed by atoms with Gasteiger partial charge in [-0.05, 0) is 36.6 Å². The lowest BCUT2D eigenvalue weighted by molar-refractivity contribution is -0.144. The molecule has 2 aromatic carbocycles. The lowest BCUT2D eigenvalue weighted by Gasteiger charge is -2.34. The first kappa shape index (κ1) is 26.6. The summed E-state index contributed by atoms with van der Waals surface area (Å²) in [5, 5.41) is 4.68. The van der Waals surface area contributed by atoms with Gasteiger partial charge in [0.05, 0.1) is 13.7 Å². The number of ether oxygens (including phenoxy) is 1. The van der Waals surface area contributed by atoms with Gasteiger partial charge in [0.2, 0.25) is 11.8 Å². The lowest BCUT2D eigenvalue weighted by atomic mass is 9.96. The van der Waals surface area contributed by atoms with Gasteiger partial charge in [-0.2, -0.15) is 0 Å². The molecule has 2 amide bonds. The fraction of sp³-hybridized carbons (Fsp3) is 0.462. The maximum Gasteiger partial charge on any atom is 0.255 e. The number of carbonyl (C=O) groups excluding carboxylic acids is 2. The molecule has 0 aromatic heterocycles. The van der Waals surface area contributed by atoms with Crippen LogP contribution < -0.4 is 15.5 Å². The van der Waals surface area contributed by atoms with E-state index in [1.807, 2.05) is 55.4 Å². The van der Waals surface area contributed by atoms with E-state index in [2.05, 4.69) is 10.7 Å². The maximum absolute atomic E-state index is 13.6. The largest absolute Gasteiger partial charge is 0.497 e. The summed E-state index contributed by atoms with van der Waals surface area (Å²) < 4.78 is 32.4. The van der Waals surface area contributed by atoms with Crippen molar-refractivity contribution in [1.82, 2.24) is 20.7 Å². The van der Waals surface area contributed by atoms with E-state index in [9.17, 15) is 18.4 Å². The molecule has 2 aromatic rings. The van der Waals surface area contributed by atoms with Crippen LogP contribution >= 0.6 is 0 Å². The molecule has 3 rings (SSSR count). The minimum Gasteiger partial charge on any atom is -0.497 e. The molecule has 0 bridgehead atoms. The first-order chi connectivity index (χ1) is 16.8. The number of amides is 2. The molecule has 7 nitrogen and oxygen atoms in total. The third kappa shape index (κ3) is 7.73. The molecular formula is C26H34F2N4O3. The van der Waals surface area contributed by atoms with Crippen molar-refractivity contribution in [3.63, 3.8) is 0 Å². The molecule has 0 spiro atoms. The molecule has 1 saturated heterocycles. The Morgan fingerprint density at radius 3 is 2.37 bits per heavy atom. The second-order valence-corrected chi connectivity index (χ2v) is 8.94. The molecular weight excluding hydrogens is 454 g/mol. The molecule has 2 atom stereocenters. The number of carbonyl (C=O) groups is 2. The zero-order valence-corrected chi connectivity index (χ0v) is 20.5. The monoisotopic (exact) mass is 488 g/mol. The van der Waals surface area contributed by atoms with Crippen molar-refractivity contribution in [3.8, 4) is 5.75 Å². The van der Waals surface area contributed by atoms with Crippen LogP contribution in [0.25, 0.3) is 0 Å². The van der Waals surface area contributed by atoms with Crippen molar-refractivity contribution in [2.24, 2.45) is 5.92 Å². The average Bonchev–Trinajstić information content (AvgIpc) is 3.27. The molecule has 190 valence electrons. The van der Waals surface area contributed by atoms with Crippen molar-refractivity contribution in [3.05, 3.63) is 65.2 Å². The van der Waals surface area contributed by atoms with Crippen LogP contribution in [-0.2, 0) is 22.6 Å². The Hall–Kier alpha value is -3.04. The number of hydrazine groups is 1. The van der Waals surface area contributed by atoms with Gasteiger partial charge in [-0.15, -0.1) is 0 Å². The third-order valence-corrected chi connectivity index (χ3v) is 6.21. The van der Waals surface area contributed by atoms with Crippen LogP contribution in [0.2, 0.25) is 0 Å². The Morgan fingerprint density at radius 2 is 1.80 bits per heavy atom. The molecule has 35 heavy (non-hydrogen) atoms. The lowest BCUT2D eigenvalue weighted by Crippen LogP contribution is -2.55. The summed E-state index contributed by atoms with van der Waals surface area (Å²) in [5.74, 6) is -0.512. The predicted octanol–water partition coefficient (Wildman–Crippen LogP) is 2.78. The van der Waals surface area contributed by atoms with Crippen molar-refractivity contribution in [1.29, 1.82) is 0 Å². The number of rotatable bonds is 11. The Balaban J connectivity index is 1.75. The van der Waals surface area contributed by atoms with E-state index in [1.54, 1.807) is 19.2 Å². The summed E-state index contributed by atoms with van der Waals surface area (Å²) in [6, 6.07) is 14.0. The zero-order valence-electron chi connectivity index (χ0n) is 20.5. The van der Waals surface area contributed by atoms with E-state index in [0.29, 0.717) is 25.3 Å². The highest BCUT2D eigenvalue weighted by atomic mass is 19.3. The molecule has 1 aliphatic rings. The molecule has 0 radical (unpaired) electrons. The molecule has 1 heterocycles. The first-order valence-corrected chi connectivity index (χ1v) is 11.7. The van der Waals surface area contributed by atoms with Crippen LogP contribution in [0.4, 0.5) is 8.78 Å². The number of benzene rings is 2. The molecule has 2 N–H and O–H groups in total. The number of hydrogen-bond donors (Lipinski definition) is 2. The number of nitrogens with zero attached hydrogens (tertiary/aromatic N) is 2. The summed E-state index contributed by atoms with van der Waals surface area (Å²) in [4.78, 5) is 27.6. The van der Waals surface area contributed by atoms with Crippen LogP contribution in [0.3, 0.4) is 0 Å². The van der Waals surface area contributed by atoms with Crippen molar-refractivity contribution in [2.75, 3.05) is 33.8 Å². The number of hydrogen-bond acceptors (Lipinski definition) is 5. The number of nitrogens with one attached hydrogen (secondary N) is 2. The number of halogens is 2. The summed E-state index contributed by atoms with van der Waals surface area (Å²) in [6.45, 7) is 2.33. The van der Waals surface area contributed by atoms with E-state index in [-0.39, 0.29) is 18.9 Å². The molecule has 1 fully saturated rings. The average molecular weight is 489 g/mol. The standard InChI is InChI=1S/C26H34F2N4O3/c1-18-4-6-20(7-5-18)14-29-26(34)25(21-15-30-31(2)16-21)32(17-23(27)28)24(33)13-10-19-8-11-22(35-3)12-9-19/h4-9,11-12,21,23,25,30H,10,13-17H2,1-3H3,(H,29,34). The van der Waals surface area contributed by atoms with Crippen LogP contribution in [0.1, 0.15) is 23.1 Å². The van der Waals surface area contributed by atoms with Gasteiger partial charge in [0.1, 0.15) is 11.8 Å². The first-order valence-electron chi connectivity index (χ1n) is 11.7. The normalized spacial score (nSPS) is 16.8. The van der Waals surface area contributed by atoms with E-state index in [1.165, 1.54) is 0 Å². The van der Waals surface area contributed by atoms with Gasteiger partial charge in [0.25, 0.3) is 6.43 Å². The Bertz CT molecular complexity index is 970. The Kier molecular flexibility index (Phi) is 9.56. The fourth-order valence-electron chi connectivity index (χ4n) is 4.28. The summed E-state index contributed by atoms with van der Waals surface area (Å²) in [6.07, 6.45) is -2.35. The number of methoxy groups -OCH3 is 1. The number of alkyl halides is 2. The third-order valence-electron chi connectivity index (χ3n) is 6.21. The van der Waals surface area contributed by atoms with Crippen LogP contribution in [0, 0.1) is 12.8 Å². The van der Waals surface area contributed by atoms with Gasteiger partial charge in [-0.25, -0.2) is 13.8 Å². The van der Waals surface area contributed by atoms with Crippen LogP contribution in [0.15, 0.2) is 48.5 Å². The van der Waals surface area contributed by atoms with Crippen molar-refractivity contribution < 1.29 is 23.1 Å². The SMILES string of the molecule is COc1ccc(CCC(=O)N(CC(F)F)C(C(=O)NCc2ccc(C)cc2)C2CNN(C)C2)cc1. The van der Waals surface area contributed by atoms with Gasteiger partial charge in [0.15, 0.2) is 0 Å². The number of aryl methyl sites for hydroxylation is 2. The van der Waals surface area contributed by atoms with Crippen molar-refractivity contribution in [2.45, 2.75) is 38.8 Å². The highest BCUT2D eigenvalue weighted by molar-refractivity contribution is 5.88.